The molecule has 18 heavy (non-hydrogen) atoms. The summed E-state index contributed by atoms with van der Waals surface area (Å²) < 4.78 is 24.7. The van der Waals surface area contributed by atoms with Crippen LogP contribution in [0.2, 0.25) is 0 Å². The highest BCUT2D eigenvalue weighted by Crippen LogP contribution is 2.26. The Kier molecular flexibility index (Phi) is 7.23. The minimum Gasteiger partial charge on any atom is -0.485 e. The minimum atomic E-state index is -0.314. The van der Waals surface area contributed by atoms with Crippen LogP contribution in [0.25, 0.3) is 0 Å². The van der Waals surface area contributed by atoms with Crippen LogP contribution in [0.3, 0.4) is 0 Å². The van der Waals surface area contributed by atoms with Gasteiger partial charge in [-0.25, -0.2) is 4.39 Å². The standard InChI is InChI=1S/C13H19BrFNO2/c1-3-6-16-8-11(9-17-2)18-13-7-10(15)4-5-12(13)14/h4-5,7,11,16H,3,6,8-9H2,1-2H3. The molecule has 0 heterocycles. The fraction of sp³-hybridized carbons (Fsp3) is 0.538. The third-order valence-electron chi connectivity index (χ3n) is 2.34. The van der Waals surface area contributed by atoms with Gasteiger partial charge < -0.3 is 14.8 Å². The van der Waals surface area contributed by atoms with Gasteiger partial charge in [0.05, 0.1) is 11.1 Å². The third-order valence-corrected chi connectivity index (χ3v) is 2.99. The lowest BCUT2D eigenvalue weighted by atomic mass is 10.3. The first-order chi connectivity index (χ1) is 8.67. The quantitative estimate of drug-likeness (QED) is 0.747. The van der Waals surface area contributed by atoms with E-state index in [9.17, 15) is 4.39 Å². The number of nitrogens with one attached hydrogen (secondary N) is 1. The second kappa shape index (κ2) is 8.45. The summed E-state index contributed by atoms with van der Waals surface area (Å²) in [5.41, 5.74) is 0. The van der Waals surface area contributed by atoms with Crippen LogP contribution in [-0.2, 0) is 4.74 Å². The van der Waals surface area contributed by atoms with Crippen LogP contribution in [0.4, 0.5) is 4.39 Å². The first-order valence-corrected chi connectivity index (χ1v) is 6.78. The summed E-state index contributed by atoms with van der Waals surface area (Å²) in [4.78, 5) is 0. The minimum absolute atomic E-state index is 0.139. The second-order valence-electron chi connectivity index (χ2n) is 3.97. The summed E-state index contributed by atoms with van der Waals surface area (Å²) in [5, 5.41) is 3.26. The van der Waals surface area contributed by atoms with Crippen LogP contribution < -0.4 is 10.1 Å². The van der Waals surface area contributed by atoms with Crippen molar-refractivity contribution in [3.8, 4) is 5.75 Å². The Morgan fingerprint density at radius 1 is 1.44 bits per heavy atom. The average molecular weight is 320 g/mol. The lowest BCUT2D eigenvalue weighted by Crippen LogP contribution is -2.35. The summed E-state index contributed by atoms with van der Waals surface area (Å²) in [5.74, 6) is 0.182. The summed E-state index contributed by atoms with van der Waals surface area (Å²) in [7, 11) is 1.62. The molecule has 0 fully saturated rings. The Morgan fingerprint density at radius 3 is 2.89 bits per heavy atom. The molecule has 0 aromatic heterocycles. The summed E-state index contributed by atoms with van der Waals surface area (Å²) in [6, 6.07) is 4.39. The van der Waals surface area contributed by atoms with E-state index in [0.717, 1.165) is 17.4 Å². The van der Waals surface area contributed by atoms with Crippen molar-refractivity contribution >= 4 is 15.9 Å². The van der Waals surface area contributed by atoms with Gasteiger partial charge in [0.25, 0.3) is 0 Å². The molecule has 3 nitrogen and oxygen atoms in total. The molecule has 0 spiro atoms. The molecule has 1 aromatic carbocycles. The van der Waals surface area contributed by atoms with Gasteiger partial charge in [0.15, 0.2) is 0 Å². The van der Waals surface area contributed by atoms with E-state index >= 15 is 0 Å². The van der Waals surface area contributed by atoms with Crippen molar-refractivity contribution < 1.29 is 13.9 Å². The predicted molar refractivity (Wildman–Crippen MR) is 73.6 cm³/mol. The number of rotatable bonds is 8. The van der Waals surface area contributed by atoms with E-state index in [4.69, 9.17) is 9.47 Å². The molecule has 1 atom stereocenters. The van der Waals surface area contributed by atoms with E-state index in [1.807, 2.05) is 0 Å². The van der Waals surface area contributed by atoms with Gasteiger partial charge in [-0.3, -0.25) is 0 Å². The van der Waals surface area contributed by atoms with Gasteiger partial charge in [-0.1, -0.05) is 6.92 Å². The van der Waals surface area contributed by atoms with Gasteiger partial charge in [0.1, 0.15) is 17.7 Å². The topological polar surface area (TPSA) is 30.5 Å². The molecule has 0 radical (unpaired) electrons. The largest absolute Gasteiger partial charge is 0.485 e. The molecular formula is C13H19BrFNO2. The molecule has 0 bridgehead atoms. The summed E-state index contributed by atoms with van der Waals surface area (Å²) in [6.45, 7) is 4.15. The first kappa shape index (κ1) is 15.4. The lowest BCUT2D eigenvalue weighted by Gasteiger charge is -2.19. The molecule has 1 aromatic rings. The molecule has 102 valence electrons. The zero-order chi connectivity index (χ0) is 13.4. The number of halogens is 2. The van der Waals surface area contributed by atoms with Crippen molar-refractivity contribution in [1.29, 1.82) is 0 Å². The third kappa shape index (κ3) is 5.33. The van der Waals surface area contributed by atoms with Crippen LogP contribution in [-0.4, -0.2) is 32.9 Å². The SMILES string of the molecule is CCCNCC(COC)Oc1cc(F)ccc1Br. The highest BCUT2D eigenvalue weighted by atomic mass is 79.9. The van der Waals surface area contributed by atoms with Crippen LogP contribution in [0, 0.1) is 5.82 Å². The monoisotopic (exact) mass is 319 g/mol. The molecular weight excluding hydrogens is 301 g/mol. The van der Waals surface area contributed by atoms with Gasteiger partial charge in [0, 0.05) is 19.7 Å². The second-order valence-corrected chi connectivity index (χ2v) is 4.83. The molecule has 0 saturated heterocycles. The highest BCUT2D eigenvalue weighted by Gasteiger charge is 2.12. The van der Waals surface area contributed by atoms with Crippen LogP contribution in [0.5, 0.6) is 5.75 Å². The zero-order valence-electron chi connectivity index (χ0n) is 10.7. The van der Waals surface area contributed by atoms with Gasteiger partial charge in [0.2, 0.25) is 0 Å². The Hall–Kier alpha value is -0.650. The van der Waals surface area contributed by atoms with Gasteiger partial charge in [-0.05, 0) is 41.0 Å². The van der Waals surface area contributed by atoms with Gasteiger partial charge in [-0.15, -0.1) is 0 Å². The van der Waals surface area contributed by atoms with Crippen molar-refractivity contribution in [3.63, 3.8) is 0 Å². The Balaban J connectivity index is 2.60. The number of hydrogen-bond donors (Lipinski definition) is 1. The van der Waals surface area contributed by atoms with Crippen LogP contribution >= 0.6 is 15.9 Å². The maximum absolute atomic E-state index is 13.1. The van der Waals surface area contributed by atoms with Crippen molar-refractivity contribution in [3.05, 3.63) is 28.5 Å². The fourth-order valence-electron chi connectivity index (χ4n) is 1.51. The fourth-order valence-corrected chi connectivity index (χ4v) is 1.85. The van der Waals surface area contributed by atoms with Crippen molar-refractivity contribution in [1.82, 2.24) is 5.32 Å². The molecule has 1 rings (SSSR count). The van der Waals surface area contributed by atoms with E-state index in [0.29, 0.717) is 18.9 Å². The van der Waals surface area contributed by atoms with E-state index in [-0.39, 0.29) is 11.9 Å². The van der Waals surface area contributed by atoms with Crippen molar-refractivity contribution in [2.24, 2.45) is 0 Å². The van der Waals surface area contributed by atoms with Crippen LogP contribution in [0.15, 0.2) is 22.7 Å². The lowest BCUT2D eigenvalue weighted by molar-refractivity contribution is 0.0800. The summed E-state index contributed by atoms with van der Waals surface area (Å²) >= 11 is 3.34. The van der Waals surface area contributed by atoms with Crippen molar-refractivity contribution in [2.75, 3.05) is 26.8 Å². The Bertz CT molecular complexity index is 363. The molecule has 0 aliphatic heterocycles. The first-order valence-electron chi connectivity index (χ1n) is 5.98. The number of hydrogen-bond acceptors (Lipinski definition) is 3. The van der Waals surface area contributed by atoms with Gasteiger partial charge in [-0.2, -0.15) is 0 Å². The smallest absolute Gasteiger partial charge is 0.137 e. The van der Waals surface area contributed by atoms with E-state index in [2.05, 4.69) is 28.2 Å². The Labute approximate surface area is 116 Å². The Morgan fingerprint density at radius 2 is 2.22 bits per heavy atom. The highest BCUT2D eigenvalue weighted by molar-refractivity contribution is 9.10. The normalized spacial score (nSPS) is 12.4. The molecule has 5 heteroatoms. The maximum Gasteiger partial charge on any atom is 0.137 e. The predicted octanol–water partition coefficient (Wildman–Crippen LogP) is 2.98. The number of benzene rings is 1. The average Bonchev–Trinajstić information content (AvgIpc) is 2.34. The maximum atomic E-state index is 13.1. The molecule has 1 N–H and O–H groups in total. The van der Waals surface area contributed by atoms with Crippen molar-refractivity contribution in [2.45, 2.75) is 19.4 Å². The molecule has 0 saturated carbocycles. The number of methoxy groups -OCH3 is 1. The summed E-state index contributed by atoms with van der Waals surface area (Å²) in [6.07, 6.45) is 0.920. The zero-order valence-corrected chi connectivity index (χ0v) is 12.3. The van der Waals surface area contributed by atoms with E-state index < -0.39 is 0 Å². The van der Waals surface area contributed by atoms with Gasteiger partial charge >= 0.3 is 0 Å². The van der Waals surface area contributed by atoms with E-state index in [1.54, 1.807) is 13.2 Å². The molecule has 0 amide bonds. The molecule has 0 aliphatic rings. The molecule has 0 aliphatic carbocycles. The number of ether oxygens (including phenoxy) is 2. The van der Waals surface area contributed by atoms with Crippen LogP contribution in [0.1, 0.15) is 13.3 Å². The molecule has 1 unspecified atom stereocenters. The van der Waals surface area contributed by atoms with E-state index in [1.165, 1.54) is 12.1 Å².